The molecule has 0 unspecified atom stereocenters. The number of benzene rings is 18. The summed E-state index contributed by atoms with van der Waals surface area (Å²) in [6, 6.07) is 126. The second kappa shape index (κ2) is 30.0. The molecule has 624 valence electrons. The van der Waals surface area contributed by atoms with Gasteiger partial charge < -0.3 is 13.7 Å². The Hall–Kier alpha value is -17.1. The van der Waals surface area contributed by atoms with Crippen LogP contribution >= 0.6 is 0 Å². The van der Waals surface area contributed by atoms with Crippen molar-refractivity contribution in [3.8, 4) is 153 Å². The average Bonchev–Trinajstić information content (AvgIpc) is 1.51. The van der Waals surface area contributed by atoms with Gasteiger partial charge in [-0.2, -0.15) is 13.2 Å². The second-order valence-electron chi connectivity index (χ2n) is 34.7. The number of fused-ring (bicyclic) bond motifs is 3. The molecule has 0 atom stereocenters. The highest BCUT2D eigenvalue weighted by atomic mass is 19.4. The van der Waals surface area contributed by atoms with E-state index in [9.17, 15) is 13.2 Å². The first kappa shape index (κ1) is 77.3. The molecule has 16 heteroatoms. The van der Waals surface area contributed by atoms with Crippen LogP contribution in [0.3, 0.4) is 0 Å². The van der Waals surface area contributed by atoms with Crippen LogP contribution in [-0.2, 0) is 11.6 Å². The Bertz CT molecular complexity index is 8340. The third-order valence-electron chi connectivity index (χ3n) is 25.9. The average molecular weight is 1710 g/mol. The van der Waals surface area contributed by atoms with Crippen molar-refractivity contribution in [3.05, 3.63) is 399 Å². The summed E-state index contributed by atoms with van der Waals surface area (Å²) in [5.41, 5.74) is 23.3. The fourth-order valence-corrected chi connectivity index (χ4v) is 20.1. The summed E-state index contributed by atoms with van der Waals surface area (Å²) in [4.78, 5) is 43.6. The van der Waals surface area contributed by atoms with E-state index in [1.54, 1.807) is 16.7 Å². The molecule has 0 spiro atoms. The monoisotopic (exact) mass is 1710 g/mol. The Morgan fingerprint density at radius 2 is 0.470 bits per heavy atom. The Kier molecular flexibility index (Phi) is 17.6. The van der Waals surface area contributed by atoms with Crippen molar-refractivity contribution in [1.82, 2.24) is 58.6 Å². The van der Waals surface area contributed by atoms with Crippen LogP contribution in [0.1, 0.15) is 31.9 Å². The van der Waals surface area contributed by atoms with E-state index in [2.05, 4.69) is 122 Å². The molecule has 0 fully saturated rings. The minimum absolute atomic E-state index is 0.0361. The van der Waals surface area contributed by atoms with Crippen LogP contribution in [0.5, 0.6) is 0 Å². The molecule has 6 aromatic heterocycles. The van der Waals surface area contributed by atoms with Crippen LogP contribution in [0.15, 0.2) is 382 Å². The largest absolute Gasteiger partial charge is 0.418 e. The summed E-state index contributed by atoms with van der Waals surface area (Å²) in [6.45, 7) is 6.95. The summed E-state index contributed by atoms with van der Waals surface area (Å²) >= 11 is 0. The summed E-state index contributed by atoms with van der Waals surface area (Å²) in [6.07, 6.45) is -4.54. The Morgan fingerprint density at radius 1 is 0.205 bits per heavy atom. The lowest BCUT2D eigenvalue weighted by atomic mass is 9.84. The molecule has 0 saturated carbocycles. The molecule has 3 aliphatic carbocycles. The zero-order valence-electron chi connectivity index (χ0n) is 71.3. The quantitative estimate of drug-likeness (QED) is 0.110. The number of rotatable bonds is 12. The smallest absolute Gasteiger partial charge is 0.309 e. The Labute approximate surface area is 753 Å². The highest BCUT2D eigenvalue weighted by Gasteiger charge is 2.39. The van der Waals surface area contributed by atoms with E-state index in [-0.39, 0.29) is 16.7 Å². The molecule has 132 heavy (non-hydrogen) atoms. The normalized spacial score (nSPS) is 12.2. The molecule has 0 aliphatic heterocycles. The van der Waals surface area contributed by atoms with Crippen molar-refractivity contribution in [2.45, 2.75) is 32.4 Å². The molecule has 18 aromatic carbocycles. The van der Waals surface area contributed by atoms with Crippen LogP contribution in [0, 0.1) is 5.82 Å². The molecule has 0 saturated heterocycles. The van der Waals surface area contributed by atoms with Gasteiger partial charge >= 0.3 is 6.18 Å². The van der Waals surface area contributed by atoms with Crippen LogP contribution in [0.4, 0.5) is 17.6 Å². The lowest BCUT2D eigenvalue weighted by molar-refractivity contribution is -0.136. The molecule has 0 radical (unpaired) electrons. The predicted molar refractivity (Wildman–Crippen MR) is 525 cm³/mol. The third kappa shape index (κ3) is 12.5. The van der Waals surface area contributed by atoms with Gasteiger partial charge in [-0.25, -0.2) is 49.2 Å². The van der Waals surface area contributed by atoms with E-state index >= 15 is 4.39 Å². The third-order valence-corrected chi connectivity index (χ3v) is 25.9. The van der Waals surface area contributed by atoms with Gasteiger partial charge in [0.25, 0.3) is 0 Å². The van der Waals surface area contributed by atoms with Crippen LogP contribution in [0.25, 0.3) is 251 Å². The number of hydrogen-bond acceptors (Lipinski definition) is 9. The van der Waals surface area contributed by atoms with E-state index in [0.29, 0.717) is 74.4 Å². The van der Waals surface area contributed by atoms with E-state index in [0.717, 1.165) is 111 Å². The predicted octanol–water partition coefficient (Wildman–Crippen LogP) is 29.8. The highest BCUT2D eigenvalue weighted by molar-refractivity contribution is 6.37. The minimum atomic E-state index is -4.54. The van der Waals surface area contributed by atoms with Crippen molar-refractivity contribution in [3.63, 3.8) is 0 Å². The van der Waals surface area contributed by atoms with E-state index in [1.807, 2.05) is 271 Å². The van der Waals surface area contributed by atoms with E-state index in [4.69, 9.17) is 44.9 Å². The highest BCUT2D eigenvalue weighted by Crippen LogP contribution is 2.56. The Morgan fingerprint density at radius 3 is 0.795 bits per heavy atom. The maximum Gasteiger partial charge on any atom is 0.418 e. The maximum absolute atomic E-state index is 15.6. The van der Waals surface area contributed by atoms with Crippen LogP contribution < -0.4 is 0 Å². The lowest BCUT2D eigenvalue weighted by Crippen LogP contribution is -2.13. The SMILES string of the molecule is CC(C)(C)c1cc2cccc3c2c2c4c-3cccc4n(-c3ccc(-c4nc(-c5ccccc5)nc(-c5ccccc5)n4)cc3)c12.FC(F)(F)c1cc2cccc3c2c2c4c-3cccc4n(-c3ccc(-c4nc(-c5ccccc5)nc(-c5ccccc5)n4)cc3)c12.Fc1ccc2c3c4c5c-2cccc5ccc4n(-c2ccc(-c4nc(-c5ccccc5)nc(-c5ccccc5)n4)cc2)c13. The molecule has 27 rings (SSSR count). The topological polar surface area (TPSA) is 131 Å². The van der Waals surface area contributed by atoms with Gasteiger partial charge in [0.15, 0.2) is 52.4 Å². The molecular formula is C116H72F4N12. The minimum Gasteiger partial charge on any atom is -0.309 e. The zero-order valence-corrected chi connectivity index (χ0v) is 71.3. The Balaban J connectivity index is 0.000000106. The first-order valence-electron chi connectivity index (χ1n) is 43.9. The van der Waals surface area contributed by atoms with Gasteiger partial charge in [-0.1, -0.05) is 294 Å². The van der Waals surface area contributed by atoms with Gasteiger partial charge in [0.2, 0.25) is 0 Å². The molecule has 24 aromatic rings. The molecule has 6 heterocycles. The fourth-order valence-electron chi connectivity index (χ4n) is 20.1. The van der Waals surface area contributed by atoms with Gasteiger partial charge in [-0.15, -0.1) is 0 Å². The summed E-state index contributed by atoms with van der Waals surface area (Å²) < 4.78 is 65.9. The van der Waals surface area contributed by atoms with Crippen LogP contribution in [0.2, 0.25) is 0 Å². The first-order valence-corrected chi connectivity index (χ1v) is 43.9. The van der Waals surface area contributed by atoms with Gasteiger partial charge in [-0.05, 0) is 186 Å². The van der Waals surface area contributed by atoms with Gasteiger partial charge in [0.1, 0.15) is 5.82 Å². The molecule has 0 amide bonds. The van der Waals surface area contributed by atoms with E-state index in [1.165, 1.54) is 71.7 Å². The number of halogens is 4. The molecule has 0 bridgehead atoms. The lowest BCUT2D eigenvalue weighted by Gasteiger charge is -2.23. The second-order valence-corrected chi connectivity index (χ2v) is 34.7. The van der Waals surface area contributed by atoms with Crippen molar-refractivity contribution in [1.29, 1.82) is 0 Å². The number of hydrogen-bond donors (Lipinski definition) is 0. The molecule has 12 nitrogen and oxygen atoms in total. The van der Waals surface area contributed by atoms with Gasteiger partial charge in [0.05, 0.1) is 38.7 Å². The summed E-state index contributed by atoms with van der Waals surface area (Å²) in [5, 5.41) is 12.9. The molecule has 3 aliphatic rings. The van der Waals surface area contributed by atoms with Gasteiger partial charge in [0, 0.05) is 99.5 Å². The van der Waals surface area contributed by atoms with Crippen molar-refractivity contribution in [2.24, 2.45) is 0 Å². The number of alkyl halides is 3. The first-order chi connectivity index (χ1) is 64.6. The molecular weight excluding hydrogens is 1640 g/mol. The standard InChI is InChI=1S/C41H30N4.C38H21F3N4.C37H21FN4/c1-41(2,3)32-24-28-16-10-17-30-31-18-11-19-33-35(31)36(34(28)30)37(32)45(33)29-22-20-27(21-23-29)40-43-38(25-12-6-4-7-13-25)42-39(44-40)26-14-8-5-9-15-26;39-38(40,41)29-21-25-13-7-14-27-28-15-8-16-30-32(28)33(31(25)27)34(29)45(30)26-19-17-24(18-20-26)37-43-35(22-9-3-1-4-10-22)42-36(44-37)23-11-5-2-6-12-23;38-29-20-19-28-27-13-7-12-22-16-21-30-33(31(22)27)32(28)34(29)42(30)26-17-14-25(15-18-26)37-40-35(23-8-3-1-4-9-23)39-36(41-37)24-10-5-2-6-11-24/h4-24H,1-3H3;1-21H;1-21H. The maximum atomic E-state index is 15.6. The number of aromatic nitrogens is 12. The van der Waals surface area contributed by atoms with Crippen LogP contribution in [-0.4, -0.2) is 58.6 Å². The summed E-state index contributed by atoms with van der Waals surface area (Å²) in [5.74, 6) is 5.13. The van der Waals surface area contributed by atoms with Gasteiger partial charge in [-0.3, -0.25) is 0 Å². The number of nitrogens with zero attached hydrogens (tertiary/aromatic N) is 12. The summed E-state index contributed by atoms with van der Waals surface area (Å²) in [7, 11) is 0. The van der Waals surface area contributed by atoms with Crippen molar-refractivity contribution < 1.29 is 17.6 Å². The van der Waals surface area contributed by atoms with Crippen molar-refractivity contribution in [2.75, 3.05) is 0 Å². The fraction of sp³-hybridized carbons (Fsp3) is 0.0431. The van der Waals surface area contributed by atoms with Crippen molar-refractivity contribution >= 4 is 97.7 Å². The van der Waals surface area contributed by atoms with E-state index < -0.39 is 11.7 Å². The zero-order chi connectivity index (χ0) is 88.4. The molecule has 0 N–H and O–H groups in total.